The molecule has 1 rings (SSSR count). The van der Waals surface area contributed by atoms with Crippen LogP contribution in [0.3, 0.4) is 0 Å². The van der Waals surface area contributed by atoms with Gasteiger partial charge in [-0.05, 0) is 6.07 Å². The largest absolute Gasteiger partial charge is 0.354 e. The lowest BCUT2D eigenvalue weighted by molar-refractivity contribution is -0.122. The smallest absolute Gasteiger partial charge is 0.237 e. The molecule has 0 spiro atoms. The van der Waals surface area contributed by atoms with Gasteiger partial charge in [-0.15, -0.1) is 12.3 Å². The van der Waals surface area contributed by atoms with E-state index < -0.39 is 6.04 Å². The van der Waals surface area contributed by atoms with Gasteiger partial charge in [0.2, 0.25) is 5.91 Å². The fourth-order valence-electron chi connectivity index (χ4n) is 1.26. The van der Waals surface area contributed by atoms with Gasteiger partial charge < -0.3 is 11.1 Å². The molecule has 5 heteroatoms. The maximum absolute atomic E-state index is 11.4. The van der Waals surface area contributed by atoms with E-state index in [-0.39, 0.29) is 12.3 Å². The second kappa shape index (κ2) is 5.93. The minimum atomic E-state index is -0.617. The molecule has 1 aromatic rings. The number of aromatic nitrogens is 2. The highest BCUT2D eigenvalue weighted by atomic mass is 16.2. The van der Waals surface area contributed by atoms with E-state index >= 15 is 0 Å². The maximum Gasteiger partial charge on any atom is 0.237 e. The number of carbonyl (C=O) groups is 1. The van der Waals surface area contributed by atoms with Crippen LogP contribution in [0.5, 0.6) is 0 Å². The number of nitrogens with two attached hydrogens (primary N) is 1. The molecule has 1 heterocycles. The van der Waals surface area contributed by atoms with E-state index in [0.29, 0.717) is 13.0 Å². The van der Waals surface area contributed by atoms with Crippen LogP contribution in [0.25, 0.3) is 0 Å². The molecule has 0 aromatic carbocycles. The summed E-state index contributed by atoms with van der Waals surface area (Å²) in [6, 6.07) is 1.29. The lowest BCUT2D eigenvalue weighted by Crippen LogP contribution is -2.41. The Hall–Kier alpha value is -1.80. The van der Waals surface area contributed by atoms with E-state index in [2.05, 4.69) is 16.3 Å². The van der Waals surface area contributed by atoms with Crippen LogP contribution < -0.4 is 11.1 Å². The van der Waals surface area contributed by atoms with Crippen molar-refractivity contribution in [1.82, 2.24) is 15.1 Å². The van der Waals surface area contributed by atoms with Crippen molar-refractivity contribution >= 4 is 5.91 Å². The Kier molecular flexibility index (Phi) is 4.55. The summed E-state index contributed by atoms with van der Waals surface area (Å²) in [5.41, 5.74) is 6.48. The minimum absolute atomic E-state index is 0.214. The van der Waals surface area contributed by atoms with Crippen molar-refractivity contribution in [3.05, 3.63) is 18.0 Å². The third kappa shape index (κ3) is 3.75. The molecule has 0 fully saturated rings. The number of rotatable bonds is 5. The predicted octanol–water partition coefficient (Wildman–Crippen LogP) is -0.571. The fraction of sp³-hybridized carbons (Fsp3) is 0.455. The monoisotopic (exact) mass is 220 g/mol. The van der Waals surface area contributed by atoms with Crippen LogP contribution in [-0.4, -0.2) is 28.3 Å². The Morgan fingerprint density at radius 3 is 3.12 bits per heavy atom. The molecule has 0 saturated heterocycles. The van der Waals surface area contributed by atoms with E-state index in [9.17, 15) is 4.79 Å². The van der Waals surface area contributed by atoms with Crippen molar-refractivity contribution in [2.75, 3.05) is 6.54 Å². The van der Waals surface area contributed by atoms with Crippen LogP contribution in [0.2, 0.25) is 0 Å². The second-order valence-electron chi connectivity index (χ2n) is 3.54. The third-order valence-corrected chi connectivity index (χ3v) is 2.12. The molecular formula is C11H16N4O. The summed E-state index contributed by atoms with van der Waals surface area (Å²) in [5.74, 6) is 2.14. The summed E-state index contributed by atoms with van der Waals surface area (Å²) in [7, 11) is 1.85. The van der Waals surface area contributed by atoms with Crippen molar-refractivity contribution in [3.8, 4) is 12.3 Å². The zero-order valence-electron chi connectivity index (χ0n) is 9.31. The fourth-order valence-corrected chi connectivity index (χ4v) is 1.26. The average Bonchev–Trinajstić information content (AvgIpc) is 2.64. The molecule has 0 radical (unpaired) electrons. The molecule has 5 nitrogen and oxygen atoms in total. The quantitative estimate of drug-likeness (QED) is 0.653. The first-order chi connectivity index (χ1) is 7.63. The summed E-state index contributed by atoms with van der Waals surface area (Å²) < 4.78 is 1.72. The number of hydrogen-bond acceptors (Lipinski definition) is 3. The van der Waals surface area contributed by atoms with Gasteiger partial charge in [-0.3, -0.25) is 9.48 Å². The Balaban J connectivity index is 2.25. The van der Waals surface area contributed by atoms with Crippen molar-refractivity contribution < 1.29 is 4.79 Å². The highest BCUT2D eigenvalue weighted by Crippen LogP contribution is 1.94. The van der Waals surface area contributed by atoms with Crippen molar-refractivity contribution in [1.29, 1.82) is 0 Å². The summed E-state index contributed by atoms with van der Waals surface area (Å²) in [6.45, 7) is 0.522. The van der Waals surface area contributed by atoms with Crippen molar-refractivity contribution in [2.45, 2.75) is 18.9 Å². The van der Waals surface area contributed by atoms with Crippen LogP contribution >= 0.6 is 0 Å². The van der Waals surface area contributed by atoms with E-state index in [4.69, 9.17) is 12.2 Å². The Bertz CT molecular complexity index is 391. The van der Waals surface area contributed by atoms with Crippen LogP contribution in [-0.2, 0) is 18.3 Å². The van der Waals surface area contributed by atoms with E-state index in [1.54, 1.807) is 4.68 Å². The number of amides is 1. The molecule has 0 aliphatic carbocycles. The number of hydrogen-bond donors (Lipinski definition) is 2. The zero-order valence-corrected chi connectivity index (χ0v) is 9.31. The van der Waals surface area contributed by atoms with Crippen LogP contribution in [0.15, 0.2) is 12.3 Å². The maximum atomic E-state index is 11.4. The molecule has 1 atom stereocenters. The number of nitrogens with zero attached hydrogens (tertiary/aromatic N) is 2. The zero-order chi connectivity index (χ0) is 12.0. The standard InChI is InChI=1S/C11H16N4O/c1-3-4-10(12)11(16)13-7-5-9-6-8-15(2)14-9/h1,6,8,10H,4-5,7,12H2,2H3,(H,13,16). The minimum Gasteiger partial charge on any atom is -0.354 e. The van der Waals surface area contributed by atoms with Gasteiger partial charge in [0, 0.05) is 32.6 Å². The lowest BCUT2D eigenvalue weighted by atomic mass is 10.2. The molecule has 3 N–H and O–H groups in total. The molecule has 0 saturated carbocycles. The van der Waals surface area contributed by atoms with Gasteiger partial charge in [-0.1, -0.05) is 0 Å². The van der Waals surface area contributed by atoms with Crippen molar-refractivity contribution in [3.63, 3.8) is 0 Å². The predicted molar refractivity (Wildman–Crippen MR) is 61.3 cm³/mol. The first kappa shape index (κ1) is 12.3. The number of aryl methyl sites for hydroxylation is 1. The number of carbonyl (C=O) groups excluding carboxylic acids is 1. The highest BCUT2D eigenvalue weighted by Gasteiger charge is 2.10. The SMILES string of the molecule is C#CCC(N)C(=O)NCCc1ccn(C)n1. The second-order valence-corrected chi connectivity index (χ2v) is 3.54. The van der Waals surface area contributed by atoms with E-state index in [1.165, 1.54) is 0 Å². The highest BCUT2D eigenvalue weighted by molar-refractivity contribution is 5.81. The molecule has 1 amide bonds. The van der Waals surface area contributed by atoms with Gasteiger partial charge in [0.05, 0.1) is 11.7 Å². The van der Waals surface area contributed by atoms with Crippen LogP contribution in [0.1, 0.15) is 12.1 Å². The molecule has 86 valence electrons. The first-order valence-electron chi connectivity index (χ1n) is 5.08. The van der Waals surface area contributed by atoms with Gasteiger partial charge in [0.1, 0.15) is 0 Å². The average molecular weight is 220 g/mol. The summed E-state index contributed by atoms with van der Waals surface area (Å²) in [6.07, 6.45) is 7.88. The van der Waals surface area contributed by atoms with Crippen LogP contribution in [0.4, 0.5) is 0 Å². The molecule has 0 aliphatic heterocycles. The molecule has 0 bridgehead atoms. The Morgan fingerprint density at radius 2 is 2.56 bits per heavy atom. The molecule has 1 aromatic heterocycles. The Morgan fingerprint density at radius 1 is 1.81 bits per heavy atom. The summed E-state index contributed by atoms with van der Waals surface area (Å²) in [5, 5.41) is 6.91. The molecule has 0 aliphatic rings. The summed E-state index contributed by atoms with van der Waals surface area (Å²) >= 11 is 0. The van der Waals surface area contributed by atoms with Gasteiger partial charge >= 0.3 is 0 Å². The molecular weight excluding hydrogens is 204 g/mol. The normalized spacial score (nSPS) is 11.8. The Labute approximate surface area is 95.0 Å². The molecule has 16 heavy (non-hydrogen) atoms. The van der Waals surface area contributed by atoms with E-state index in [1.807, 2.05) is 19.3 Å². The topological polar surface area (TPSA) is 72.9 Å². The third-order valence-electron chi connectivity index (χ3n) is 2.12. The first-order valence-corrected chi connectivity index (χ1v) is 5.08. The lowest BCUT2D eigenvalue weighted by Gasteiger charge is -2.08. The van der Waals surface area contributed by atoms with Crippen molar-refractivity contribution in [2.24, 2.45) is 12.8 Å². The number of nitrogens with one attached hydrogen (secondary N) is 1. The van der Waals surface area contributed by atoms with Gasteiger partial charge in [-0.25, -0.2) is 0 Å². The number of terminal acetylenes is 1. The summed E-state index contributed by atoms with van der Waals surface area (Å²) in [4.78, 5) is 11.4. The van der Waals surface area contributed by atoms with Crippen LogP contribution in [0, 0.1) is 12.3 Å². The van der Waals surface area contributed by atoms with Gasteiger partial charge in [0.25, 0.3) is 0 Å². The molecule has 1 unspecified atom stereocenters. The van der Waals surface area contributed by atoms with Gasteiger partial charge in [0.15, 0.2) is 0 Å². The van der Waals surface area contributed by atoms with E-state index in [0.717, 1.165) is 5.69 Å². The van der Waals surface area contributed by atoms with Gasteiger partial charge in [-0.2, -0.15) is 5.10 Å².